The van der Waals surface area contributed by atoms with Crippen molar-refractivity contribution in [3.8, 4) is 0 Å². The fourth-order valence-corrected chi connectivity index (χ4v) is 4.54. The van der Waals surface area contributed by atoms with Gasteiger partial charge in [0, 0.05) is 19.5 Å². The lowest BCUT2D eigenvalue weighted by atomic mass is 10.1. The van der Waals surface area contributed by atoms with E-state index in [4.69, 9.17) is 0 Å². The molecule has 0 saturated carbocycles. The Balaban J connectivity index is 1.80. The van der Waals surface area contributed by atoms with Crippen molar-refractivity contribution < 1.29 is 4.79 Å². The lowest BCUT2D eigenvalue weighted by Crippen LogP contribution is -2.40. The number of likely N-dealkylation sites (tertiary alicyclic amines) is 1. The molecule has 1 saturated heterocycles. The van der Waals surface area contributed by atoms with Crippen LogP contribution in [-0.4, -0.2) is 41.1 Å². The number of hydrogen-bond acceptors (Lipinski definition) is 5. The van der Waals surface area contributed by atoms with Crippen molar-refractivity contribution in [2.75, 3.05) is 20.1 Å². The summed E-state index contributed by atoms with van der Waals surface area (Å²) in [5.41, 5.74) is 1.03. The van der Waals surface area contributed by atoms with E-state index in [0.29, 0.717) is 12.2 Å². The second-order valence-electron chi connectivity index (χ2n) is 4.53. The number of thiazole rings is 1. The molecule has 3 nitrogen and oxygen atoms in total. The molecular formula is C13H14N2OS2. The number of carbonyl (C=O) groups excluding carboxylic acids is 1. The first kappa shape index (κ1) is 12.1. The van der Waals surface area contributed by atoms with E-state index in [1.807, 2.05) is 18.2 Å². The van der Waals surface area contributed by atoms with Crippen LogP contribution < -0.4 is 0 Å². The van der Waals surface area contributed by atoms with Crippen molar-refractivity contribution in [3.05, 3.63) is 24.3 Å². The van der Waals surface area contributed by atoms with E-state index in [2.05, 4.69) is 23.0 Å². The van der Waals surface area contributed by atoms with Crippen LogP contribution in [0, 0.1) is 0 Å². The van der Waals surface area contributed by atoms with Crippen molar-refractivity contribution in [1.29, 1.82) is 0 Å². The van der Waals surface area contributed by atoms with Gasteiger partial charge in [0.25, 0.3) is 0 Å². The standard InChI is InChI=1S/C13H14N2OS2/c1-15-7-6-10(16)12(8-15)18-13-14-9-4-2-3-5-11(9)17-13/h2-5,12H,6-8H2,1H3. The molecule has 1 atom stereocenters. The number of rotatable bonds is 2. The van der Waals surface area contributed by atoms with E-state index in [1.54, 1.807) is 23.1 Å². The number of aromatic nitrogens is 1. The van der Waals surface area contributed by atoms with Crippen LogP contribution in [0.15, 0.2) is 28.6 Å². The summed E-state index contributed by atoms with van der Waals surface area (Å²) in [6.07, 6.45) is 0.666. The normalized spacial score (nSPS) is 21.6. The van der Waals surface area contributed by atoms with Crippen molar-refractivity contribution in [2.45, 2.75) is 16.0 Å². The Labute approximate surface area is 114 Å². The molecule has 1 fully saturated rings. The summed E-state index contributed by atoms with van der Waals surface area (Å²) < 4.78 is 2.20. The third-order valence-electron chi connectivity index (χ3n) is 3.09. The molecule has 0 spiro atoms. The first-order valence-corrected chi connectivity index (χ1v) is 7.65. The lowest BCUT2D eigenvalue weighted by molar-refractivity contribution is -0.120. The third-order valence-corrected chi connectivity index (χ3v) is 5.45. The average Bonchev–Trinajstić information content (AvgIpc) is 2.76. The van der Waals surface area contributed by atoms with Gasteiger partial charge >= 0.3 is 0 Å². The molecule has 94 valence electrons. The van der Waals surface area contributed by atoms with E-state index in [9.17, 15) is 4.79 Å². The second kappa shape index (κ2) is 4.99. The van der Waals surface area contributed by atoms with Crippen LogP contribution in [0.1, 0.15) is 6.42 Å². The number of Topliss-reactive ketones (excluding diaryl/α,β-unsaturated/α-hetero) is 1. The summed E-state index contributed by atoms with van der Waals surface area (Å²) in [5, 5.41) is 0.0457. The number of piperidine rings is 1. The number of hydrogen-bond donors (Lipinski definition) is 0. The Hall–Kier alpha value is -0.910. The number of para-hydroxylation sites is 1. The lowest BCUT2D eigenvalue weighted by Gasteiger charge is -2.27. The fraction of sp³-hybridized carbons (Fsp3) is 0.385. The molecule has 0 aliphatic carbocycles. The van der Waals surface area contributed by atoms with Crippen molar-refractivity contribution in [3.63, 3.8) is 0 Å². The van der Waals surface area contributed by atoms with Crippen LogP contribution in [0.2, 0.25) is 0 Å². The molecule has 1 unspecified atom stereocenters. The molecule has 0 bridgehead atoms. The summed E-state index contributed by atoms with van der Waals surface area (Å²) in [5.74, 6) is 0.359. The van der Waals surface area contributed by atoms with Crippen LogP contribution in [0.4, 0.5) is 0 Å². The van der Waals surface area contributed by atoms with Gasteiger partial charge in [-0.3, -0.25) is 4.79 Å². The Bertz CT molecular complexity index is 548. The molecule has 18 heavy (non-hydrogen) atoms. The largest absolute Gasteiger partial charge is 0.304 e. The van der Waals surface area contributed by atoms with Gasteiger partial charge in [0.05, 0.1) is 15.5 Å². The van der Waals surface area contributed by atoms with Gasteiger partial charge in [-0.15, -0.1) is 11.3 Å². The van der Waals surface area contributed by atoms with Crippen molar-refractivity contribution in [1.82, 2.24) is 9.88 Å². The first-order valence-electron chi connectivity index (χ1n) is 5.96. The first-order chi connectivity index (χ1) is 8.72. The van der Waals surface area contributed by atoms with Crippen LogP contribution in [0.25, 0.3) is 10.2 Å². The number of benzene rings is 1. The zero-order valence-corrected chi connectivity index (χ0v) is 11.8. The van der Waals surface area contributed by atoms with Crippen LogP contribution >= 0.6 is 23.1 Å². The molecular weight excluding hydrogens is 264 g/mol. The predicted molar refractivity (Wildman–Crippen MR) is 76.4 cm³/mol. The Kier molecular flexibility index (Phi) is 3.37. The summed E-state index contributed by atoms with van der Waals surface area (Å²) in [6, 6.07) is 8.11. The molecule has 2 aromatic rings. The maximum absolute atomic E-state index is 11.9. The molecule has 1 aromatic carbocycles. The topological polar surface area (TPSA) is 33.2 Å². The van der Waals surface area contributed by atoms with Crippen LogP contribution in [0.3, 0.4) is 0 Å². The smallest absolute Gasteiger partial charge is 0.151 e. The van der Waals surface area contributed by atoms with E-state index in [0.717, 1.165) is 22.9 Å². The SMILES string of the molecule is CN1CCC(=O)C(Sc2nc3ccccc3s2)C1. The summed E-state index contributed by atoms with van der Waals surface area (Å²) >= 11 is 3.29. The Morgan fingerprint density at radius 1 is 1.44 bits per heavy atom. The van der Waals surface area contributed by atoms with Crippen LogP contribution in [-0.2, 0) is 4.79 Å². The number of fused-ring (bicyclic) bond motifs is 1. The molecule has 5 heteroatoms. The molecule has 0 amide bonds. The van der Waals surface area contributed by atoms with Crippen molar-refractivity contribution >= 4 is 39.1 Å². The number of nitrogens with zero attached hydrogens (tertiary/aromatic N) is 2. The van der Waals surface area contributed by atoms with Gasteiger partial charge in [0.15, 0.2) is 4.34 Å². The minimum Gasteiger partial charge on any atom is -0.304 e. The van der Waals surface area contributed by atoms with E-state index >= 15 is 0 Å². The highest BCUT2D eigenvalue weighted by Gasteiger charge is 2.27. The van der Waals surface area contributed by atoms with Gasteiger partial charge in [0.2, 0.25) is 0 Å². The van der Waals surface area contributed by atoms with Gasteiger partial charge < -0.3 is 4.90 Å². The predicted octanol–water partition coefficient (Wildman–Crippen LogP) is 2.66. The third kappa shape index (κ3) is 2.43. The average molecular weight is 278 g/mol. The van der Waals surface area contributed by atoms with Crippen LogP contribution in [0.5, 0.6) is 0 Å². The van der Waals surface area contributed by atoms with Gasteiger partial charge in [-0.1, -0.05) is 23.9 Å². The summed E-state index contributed by atoms with van der Waals surface area (Å²) in [6.45, 7) is 1.72. The highest BCUT2D eigenvalue weighted by Crippen LogP contribution is 2.33. The molecule has 3 rings (SSSR count). The maximum Gasteiger partial charge on any atom is 0.151 e. The molecule has 0 N–H and O–H groups in total. The number of thioether (sulfide) groups is 1. The number of carbonyl (C=O) groups is 1. The minimum atomic E-state index is 0.0457. The molecule has 1 aliphatic heterocycles. The van der Waals surface area contributed by atoms with Gasteiger partial charge in [0.1, 0.15) is 5.78 Å². The van der Waals surface area contributed by atoms with Gasteiger partial charge in [-0.05, 0) is 19.2 Å². The molecule has 2 heterocycles. The van der Waals surface area contributed by atoms with E-state index in [-0.39, 0.29) is 5.25 Å². The fourth-order valence-electron chi connectivity index (χ4n) is 2.06. The number of ketones is 1. The Morgan fingerprint density at radius 2 is 2.28 bits per heavy atom. The van der Waals surface area contributed by atoms with Crippen molar-refractivity contribution in [2.24, 2.45) is 0 Å². The highest BCUT2D eigenvalue weighted by molar-refractivity contribution is 8.02. The van der Waals surface area contributed by atoms with E-state index in [1.165, 1.54) is 4.70 Å². The maximum atomic E-state index is 11.9. The Morgan fingerprint density at radius 3 is 3.11 bits per heavy atom. The molecule has 1 aliphatic rings. The molecule has 0 radical (unpaired) electrons. The molecule has 1 aromatic heterocycles. The second-order valence-corrected chi connectivity index (χ2v) is 7.01. The summed E-state index contributed by atoms with van der Waals surface area (Å²) in [4.78, 5) is 18.7. The summed E-state index contributed by atoms with van der Waals surface area (Å²) in [7, 11) is 2.07. The van der Waals surface area contributed by atoms with Gasteiger partial charge in [-0.25, -0.2) is 4.98 Å². The highest BCUT2D eigenvalue weighted by atomic mass is 32.2. The minimum absolute atomic E-state index is 0.0457. The zero-order valence-electron chi connectivity index (χ0n) is 10.1. The quantitative estimate of drug-likeness (QED) is 0.845. The monoisotopic (exact) mass is 278 g/mol. The van der Waals surface area contributed by atoms with Gasteiger partial charge in [-0.2, -0.15) is 0 Å². The van der Waals surface area contributed by atoms with E-state index < -0.39 is 0 Å². The zero-order chi connectivity index (χ0) is 12.5.